The maximum atomic E-state index is 6.44. The highest BCUT2D eigenvalue weighted by molar-refractivity contribution is 6.76. The molecule has 0 atom stereocenters. The molecule has 146 valence electrons. The lowest BCUT2D eigenvalue weighted by molar-refractivity contribution is 0.0803. The van der Waals surface area contributed by atoms with Gasteiger partial charge in [-0.15, -0.1) is 0 Å². The number of hydrogen-bond donors (Lipinski definition) is 2. The number of aliphatic imine (C=N–C) groups is 1. The topological polar surface area (TPSA) is 91.4 Å². The van der Waals surface area contributed by atoms with Crippen LogP contribution >= 0.6 is 0 Å². The lowest BCUT2D eigenvalue weighted by atomic mass is 10.0. The monoisotopic (exact) mass is 385 g/mol. The van der Waals surface area contributed by atoms with E-state index in [9.17, 15) is 0 Å². The summed E-state index contributed by atoms with van der Waals surface area (Å²) in [5, 5.41) is 4.71. The Kier molecular flexibility index (Phi) is 6.98. The fraction of sp³-hybridized carbons (Fsp3) is 0.400. The van der Waals surface area contributed by atoms with Crippen molar-refractivity contribution >= 4 is 25.3 Å². The smallest absolute Gasteiger partial charge is 0.141 e. The minimum absolute atomic E-state index is 0.316. The van der Waals surface area contributed by atoms with Crippen molar-refractivity contribution in [3.63, 3.8) is 0 Å². The first kappa shape index (κ1) is 20.9. The molecule has 0 radical (unpaired) electrons. The second-order valence-corrected chi connectivity index (χ2v) is 13.3. The Morgan fingerprint density at radius 1 is 1.33 bits per heavy atom. The molecule has 2 rings (SSSR count). The predicted octanol–water partition coefficient (Wildman–Crippen LogP) is 4.37. The lowest BCUT2D eigenvalue weighted by Crippen LogP contribution is -2.22. The van der Waals surface area contributed by atoms with Crippen LogP contribution in [0.5, 0.6) is 0 Å². The Bertz CT molecular complexity index is 820. The molecule has 6 nitrogen and oxygen atoms in total. The van der Waals surface area contributed by atoms with E-state index >= 15 is 0 Å². The highest BCUT2D eigenvalue weighted by Gasteiger charge is 2.21. The molecule has 0 aliphatic heterocycles. The van der Waals surface area contributed by atoms with Crippen molar-refractivity contribution in [2.45, 2.75) is 45.8 Å². The third-order valence-electron chi connectivity index (χ3n) is 4.23. The summed E-state index contributed by atoms with van der Waals surface area (Å²) in [4.78, 5) is 4.41. The van der Waals surface area contributed by atoms with Crippen molar-refractivity contribution < 1.29 is 4.74 Å². The molecule has 0 amide bonds. The van der Waals surface area contributed by atoms with Gasteiger partial charge in [-0.3, -0.25) is 4.99 Å². The molecule has 1 aromatic heterocycles. The average molecular weight is 386 g/mol. The Morgan fingerprint density at radius 2 is 2.07 bits per heavy atom. The van der Waals surface area contributed by atoms with Gasteiger partial charge in [0, 0.05) is 32.1 Å². The molecular weight excluding hydrogens is 354 g/mol. The highest BCUT2D eigenvalue weighted by Crippen LogP contribution is 2.30. The summed E-state index contributed by atoms with van der Waals surface area (Å²) in [5.74, 6) is 0.544. The van der Waals surface area contributed by atoms with E-state index < -0.39 is 8.07 Å². The van der Waals surface area contributed by atoms with Crippen molar-refractivity contribution in [3.05, 3.63) is 42.6 Å². The van der Waals surface area contributed by atoms with Crippen LogP contribution in [0, 0.1) is 0 Å². The van der Waals surface area contributed by atoms with Crippen LogP contribution in [0.1, 0.15) is 18.9 Å². The first-order valence-electron chi connectivity index (χ1n) is 9.24. The molecule has 2 aromatic rings. The van der Waals surface area contributed by atoms with Gasteiger partial charge in [0.05, 0.1) is 11.3 Å². The number of anilines is 2. The average Bonchev–Trinajstić information content (AvgIpc) is 2.92. The molecule has 0 bridgehead atoms. The van der Waals surface area contributed by atoms with Crippen LogP contribution in [0.15, 0.2) is 42.0 Å². The Morgan fingerprint density at radius 3 is 2.67 bits per heavy atom. The van der Waals surface area contributed by atoms with Crippen molar-refractivity contribution in [3.8, 4) is 11.3 Å². The predicted molar refractivity (Wildman–Crippen MR) is 118 cm³/mol. The second-order valence-electron chi connectivity index (χ2n) is 7.69. The van der Waals surface area contributed by atoms with Crippen LogP contribution in [0.4, 0.5) is 11.5 Å². The van der Waals surface area contributed by atoms with Gasteiger partial charge in [-0.2, -0.15) is 5.10 Å². The van der Waals surface area contributed by atoms with E-state index in [1.54, 1.807) is 4.68 Å². The Labute approximate surface area is 162 Å². The van der Waals surface area contributed by atoms with Gasteiger partial charge in [0.1, 0.15) is 18.2 Å². The van der Waals surface area contributed by atoms with Gasteiger partial charge < -0.3 is 16.2 Å². The summed E-state index contributed by atoms with van der Waals surface area (Å²) in [6, 6.07) is 8.72. The zero-order chi connectivity index (χ0) is 20.0. The normalized spacial score (nSPS) is 12.4. The molecule has 4 N–H and O–H groups in total. The van der Waals surface area contributed by atoms with Crippen LogP contribution in [0.3, 0.4) is 0 Å². The van der Waals surface area contributed by atoms with Gasteiger partial charge in [0.25, 0.3) is 0 Å². The summed E-state index contributed by atoms with van der Waals surface area (Å²) in [7, 11) is -1.14. The maximum Gasteiger partial charge on any atom is 0.141 e. The number of nitrogens with two attached hydrogens (primary N) is 2. The Hall–Kier alpha value is -2.38. The third-order valence-corrected chi connectivity index (χ3v) is 5.94. The molecule has 0 aliphatic rings. The minimum atomic E-state index is -1.14. The zero-order valence-corrected chi connectivity index (χ0v) is 17.8. The molecule has 0 saturated heterocycles. The third kappa shape index (κ3) is 5.54. The SMILES string of the molecule is C=CN=C(CC)c1c(-c2cccc(N)c2)nn(COCC[Si](C)(C)C)c1N. The first-order chi connectivity index (χ1) is 12.8. The van der Waals surface area contributed by atoms with Crippen LogP contribution < -0.4 is 11.5 Å². The number of rotatable bonds is 9. The summed E-state index contributed by atoms with van der Waals surface area (Å²) >= 11 is 0. The van der Waals surface area contributed by atoms with E-state index in [0.29, 0.717) is 31.3 Å². The highest BCUT2D eigenvalue weighted by atomic mass is 28.3. The number of benzene rings is 1. The van der Waals surface area contributed by atoms with Crippen LogP contribution in [0.25, 0.3) is 11.3 Å². The molecule has 1 aromatic carbocycles. The van der Waals surface area contributed by atoms with E-state index in [2.05, 4.69) is 31.2 Å². The van der Waals surface area contributed by atoms with Gasteiger partial charge >= 0.3 is 0 Å². The van der Waals surface area contributed by atoms with Crippen LogP contribution in [-0.4, -0.2) is 30.2 Å². The molecule has 0 saturated carbocycles. The number of ether oxygens (including phenoxy) is 1. The fourth-order valence-electron chi connectivity index (χ4n) is 2.72. The molecule has 1 heterocycles. The van der Waals surface area contributed by atoms with Gasteiger partial charge in [-0.05, 0) is 24.6 Å². The number of nitrogens with zero attached hydrogens (tertiary/aromatic N) is 3. The van der Waals surface area contributed by atoms with Crippen molar-refractivity contribution in [1.29, 1.82) is 0 Å². The molecule has 0 spiro atoms. The largest absolute Gasteiger partial charge is 0.399 e. The molecule has 27 heavy (non-hydrogen) atoms. The Balaban J connectivity index is 2.39. The van der Waals surface area contributed by atoms with Crippen molar-refractivity contribution in [2.24, 2.45) is 4.99 Å². The molecule has 0 aliphatic carbocycles. The van der Waals surface area contributed by atoms with Crippen LogP contribution in [-0.2, 0) is 11.5 Å². The van der Waals surface area contributed by atoms with Gasteiger partial charge in [-0.1, -0.05) is 45.3 Å². The van der Waals surface area contributed by atoms with E-state index in [1.807, 2.05) is 31.2 Å². The second kappa shape index (κ2) is 9.01. The van der Waals surface area contributed by atoms with E-state index in [-0.39, 0.29) is 0 Å². The molecular formula is C20H31N5OSi. The number of aromatic nitrogens is 2. The summed E-state index contributed by atoms with van der Waals surface area (Å²) in [5.41, 5.74) is 16.4. The van der Waals surface area contributed by atoms with Gasteiger partial charge in [0.2, 0.25) is 0 Å². The number of hydrogen-bond acceptors (Lipinski definition) is 5. The summed E-state index contributed by atoms with van der Waals surface area (Å²) in [6.45, 7) is 13.8. The van der Waals surface area contributed by atoms with Crippen molar-refractivity contribution in [2.75, 3.05) is 18.1 Å². The van der Waals surface area contributed by atoms with E-state index in [1.165, 1.54) is 6.20 Å². The lowest BCUT2D eigenvalue weighted by Gasteiger charge is -2.15. The standard InChI is InChI=1S/C20H31N5OSi/c1-6-17(23-7-2)18-19(15-9-8-10-16(21)13-15)24-25(20(18)22)14-26-11-12-27(3,4)5/h7-10,13H,2,6,11-12,14,21-22H2,1,3-5H3. The van der Waals surface area contributed by atoms with Crippen LogP contribution in [0.2, 0.25) is 25.7 Å². The summed E-state index contributed by atoms with van der Waals surface area (Å²) < 4.78 is 7.55. The summed E-state index contributed by atoms with van der Waals surface area (Å²) in [6.07, 6.45) is 2.25. The minimum Gasteiger partial charge on any atom is -0.399 e. The molecule has 0 unspecified atom stereocenters. The first-order valence-corrected chi connectivity index (χ1v) is 13.0. The fourth-order valence-corrected chi connectivity index (χ4v) is 3.47. The quantitative estimate of drug-likeness (QED) is 0.290. The van der Waals surface area contributed by atoms with Gasteiger partial charge in [-0.25, -0.2) is 4.68 Å². The van der Waals surface area contributed by atoms with Gasteiger partial charge in [0.15, 0.2) is 0 Å². The maximum absolute atomic E-state index is 6.44. The van der Waals surface area contributed by atoms with Crippen molar-refractivity contribution in [1.82, 2.24) is 9.78 Å². The molecule has 7 heteroatoms. The van der Waals surface area contributed by atoms with E-state index in [4.69, 9.17) is 21.3 Å². The zero-order valence-electron chi connectivity index (χ0n) is 16.8. The molecule has 0 fully saturated rings. The number of nitrogen functional groups attached to an aromatic ring is 2. The van der Waals surface area contributed by atoms with E-state index in [0.717, 1.165) is 28.6 Å².